The highest BCUT2D eigenvalue weighted by molar-refractivity contribution is 7.57. The topological polar surface area (TPSA) is 113 Å². The van der Waals surface area contributed by atoms with Gasteiger partial charge in [-0.2, -0.15) is 0 Å². The summed E-state index contributed by atoms with van der Waals surface area (Å²) in [5, 5.41) is 6.06. The molecule has 94 valence electrons. The van der Waals surface area contributed by atoms with Crippen molar-refractivity contribution >= 4 is 13.5 Å². The van der Waals surface area contributed by atoms with E-state index in [1.165, 1.54) is 0 Å². The number of carbonyl (C=O) groups excluding carboxylic acids is 1. The number of piperidine rings is 1. The van der Waals surface area contributed by atoms with E-state index in [4.69, 9.17) is 11.0 Å². The van der Waals surface area contributed by atoms with E-state index in [-0.39, 0.29) is 11.9 Å². The van der Waals surface area contributed by atoms with E-state index in [0.717, 1.165) is 24.1 Å². The maximum absolute atomic E-state index is 11.9. The Morgan fingerprint density at radius 2 is 2.19 bits per heavy atom. The SMILES string of the molecule is CNCCN[C@H]1CCCN(P(N)(N)=O)C1=O. The highest BCUT2D eigenvalue weighted by Crippen LogP contribution is 2.35. The molecule has 1 amide bonds. The quantitative estimate of drug-likeness (QED) is 0.360. The molecule has 1 atom stereocenters. The van der Waals surface area contributed by atoms with Gasteiger partial charge in [0.2, 0.25) is 5.91 Å². The Morgan fingerprint density at radius 3 is 2.75 bits per heavy atom. The first kappa shape index (κ1) is 13.6. The first-order valence-corrected chi connectivity index (χ1v) is 7.13. The average molecular weight is 249 g/mol. The summed E-state index contributed by atoms with van der Waals surface area (Å²) < 4.78 is 12.6. The van der Waals surface area contributed by atoms with Crippen LogP contribution in [-0.2, 0) is 9.36 Å². The lowest BCUT2D eigenvalue weighted by Gasteiger charge is -2.34. The lowest BCUT2D eigenvalue weighted by Crippen LogP contribution is -2.51. The predicted molar refractivity (Wildman–Crippen MR) is 62.6 cm³/mol. The van der Waals surface area contributed by atoms with Crippen molar-refractivity contribution in [2.24, 2.45) is 11.0 Å². The van der Waals surface area contributed by atoms with Crippen LogP contribution in [-0.4, -0.2) is 43.3 Å². The highest BCUT2D eigenvalue weighted by atomic mass is 31.2. The summed E-state index contributed by atoms with van der Waals surface area (Å²) >= 11 is 0. The van der Waals surface area contributed by atoms with E-state index >= 15 is 0 Å². The first-order chi connectivity index (χ1) is 7.46. The van der Waals surface area contributed by atoms with Crippen LogP contribution in [0.4, 0.5) is 0 Å². The van der Waals surface area contributed by atoms with Crippen molar-refractivity contribution in [1.82, 2.24) is 15.3 Å². The van der Waals surface area contributed by atoms with Crippen LogP contribution in [0.1, 0.15) is 12.8 Å². The summed E-state index contributed by atoms with van der Waals surface area (Å²) in [4.78, 5) is 11.9. The fourth-order valence-corrected chi connectivity index (χ4v) is 2.63. The summed E-state index contributed by atoms with van der Waals surface area (Å²) in [5.41, 5.74) is 10.6. The Bertz CT molecular complexity index is 292. The molecule has 1 aliphatic heterocycles. The monoisotopic (exact) mass is 249 g/mol. The van der Waals surface area contributed by atoms with Gasteiger partial charge in [0, 0.05) is 19.6 Å². The highest BCUT2D eigenvalue weighted by Gasteiger charge is 2.35. The van der Waals surface area contributed by atoms with Gasteiger partial charge in [-0.3, -0.25) is 25.0 Å². The van der Waals surface area contributed by atoms with E-state index in [0.29, 0.717) is 13.1 Å². The zero-order valence-electron chi connectivity index (χ0n) is 9.48. The van der Waals surface area contributed by atoms with Crippen LogP contribution in [0.2, 0.25) is 0 Å². The first-order valence-electron chi connectivity index (χ1n) is 5.34. The van der Waals surface area contributed by atoms with E-state index in [1.807, 2.05) is 7.05 Å². The molecule has 0 saturated carbocycles. The number of hydrogen-bond acceptors (Lipinski definition) is 4. The molecule has 0 aromatic heterocycles. The summed E-state index contributed by atoms with van der Waals surface area (Å²) in [7, 11) is -1.61. The van der Waals surface area contributed by atoms with Crippen molar-refractivity contribution in [2.45, 2.75) is 18.9 Å². The van der Waals surface area contributed by atoms with E-state index < -0.39 is 7.59 Å². The number of rotatable bonds is 5. The summed E-state index contributed by atoms with van der Waals surface area (Å²) in [6.45, 7) is 1.83. The molecule has 1 rings (SSSR count). The molecule has 16 heavy (non-hydrogen) atoms. The molecule has 0 bridgehead atoms. The Labute approximate surface area is 95.4 Å². The third-order valence-corrected chi connectivity index (χ3v) is 3.71. The van der Waals surface area contributed by atoms with Gasteiger partial charge in [-0.15, -0.1) is 0 Å². The van der Waals surface area contributed by atoms with Gasteiger partial charge in [-0.25, -0.2) is 0 Å². The van der Waals surface area contributed by atoms with Crippen LogP contribution < -0.4 is 21.6 Å². The summed E-state index contributed by atoms with van der Waals surface area (Å²) in [6, 6.07) is -0.317. The Hall–Kier alpha value is -0.460. The molecule has 0 aromatic carbocycles. The minimum absolute atomic E-state index is 0.254. The van der Waals surface area contributed by atoms with E-state index in [9.17, 15) is 9.36 Å². The van der Waals surface area contributed by atoms with Crippen molar-refractivity contribution in [3.63, 3.8) is 0 Å². The fourth-order valence-electron chi connectivity index (χ4n) is 1.73. The number of carbonyl (C=O) groups is 1. The Kier molecular flexibility index (Phi) is 4.89. The van der Waals surface area contributed by atoms with Gasteiger partial charge in [-0.05, 0) is 19.9 Å². The van der Waals surface area contributed by atoms with Gasteiger partial charge in [0.1, 0.15) is 0 Å². The Balaban J connectivity index is 2.54. The van der Waals surface area contributed by atoms with Crippen molar-refractivity contribution in [3.8, 4) is 0 Å². The van der Waals surface area contributed by atoms with Gasteiger partial charge in [0.15, 0.2) is 0 Å². The second kappa shape index (κ2) is 5.75. The molecule has 6 N–H and O–H groups in total. The van der Waals surface area contributed by atoms with E-state index in [1.54, 1.807) is 0 Å². The van der Waals surface area contributed by atoms with Crippen molar-refractivity contribution in [2.75, 3.05) is 26.7 Å². The largest absolute Gasteiger partial charge is 0.318 e. The molecule has 0 aliphatic carbocycles. The standard InChI is InChI=1S/C8H20N5O2P/c1-11-4-5-12-7-3-2-6-13(8(7)14)16(9,10)15/h7,11-12H,2-6H2,1H3,(H4,9,10,15)/t7-/m0/s1. The van der Waals surface area contributed by atoms with Gasteiger partial charge in [-0.1, -0.05) is 0 Å². The van der Waals surface area contributed by atoms with Crippen LogP contribution in [0.5, 0.6) is 0 Å². The van der Waals surface area contributed by atoms with Crippen LogP contribution in [0, 0.1) is 0 Å². The number of likely N-dealkylation sites (N-methyl/N-ethyl adjacent to an activating group) is 1. The lowest BCUT2D eigenvalue weighted by atomic mass is 10.1. The minimum Gasteiger partial charge on any atom is -0.318 e. The van der Waals surface area contributed by atoms with Gasteiger partial charge in [0.25, 0.3) is 0 Å². The summed E-state index contributed by atoms with van der Waals surface area (Å²) in [6.07, 6.45) is 1.50. The molecular weight excluding hydrogens is 229 g/mol. The van der Waals surface area contributed by atoms with Gasteiger partial charge in [0.05, 0.1) is 6.04 Å². The molecule has 0 radical (unpaired) electrons. The maximum Gasteiger partial charge on any atom is 0.302 e. The zero-order valence-corrected chi connectivity index (χ0v) is 10.4. The third kappa shape index (κ3) is 3.54. The molecule has 0 unspecified atom stereocenters. The van der Waals surface area contributed by atoms with E-state index in [2.05, 4.69) is 10.6 Å². The number of nitrogens with zero attached hydrogens (tertiary/aromatic N) is 1. The second-order valence-electron chi connectivity index (χ2n) is 3.89. The van der Waals surface area contributed by atoms with Crippen LogP contribution >= 0.6 is 7.59 Å². The molecular formula is C8H20N5O2P. The van der Waals surface area contributed by atoms with Crippen LogP contribution in [0.3, 0.4) is 0 Å². The van der Waals surface area contributed by atoms with Crippen molar-refractivity contribution in [3.05, 3.63) is 0 Å². The van der Waals surface area contributed by atoms with Gasteiger partial charge >= 0.3 is 7.59 Å². The zero-order chi connectivity index (χ0) is 12.2. The maximum atomic E-state index is 11.9. The minimum atomic E-state index is -3.45. The molecule has 7 nitrogen and oxygen atoms in total. The van der Waals surface area contributed by atoms with Crippen molar-refractivity contribution in [1.29, 1.82) is 0 Å². The normalized spacial score (nSPS) is 22.6. The molecule has 1 aliphatic rings. The number of nitrogens with one attached hydrogen (secondary N) is 2. The number of hydrogen-bond donors (Lipinski definition) is 4. The number of nitrogens with two attached hydrogens (primary N) is 2. The third-order valence-electron chi connectivity index (χ3n) is 2.56. The Morgan fingerprint density at radius 1 is 1.50 bits per heavy atom. The number of amides is 1. The van der Waals surface area contributed by atoms with Crippen LogP contribution in [0.15, 0.2) is 0 Å². The molecule has 8 heteroatoms. The molecule has 0 spiro atoms. The van der Waals surface area contributed by atoms with Gasteiger partial charge < -0.3 is 10.6 Å². The molecule has 1 saturated heterocycles. The average Bonchev–Trinajstić information content (AvgIpc) is 2.19. The molecule has 1 fully saturated rings. The predicted octanol–water partition coefficient (Wildman–Crippen LogP) is -1.19. The van der Waals surface area contributed by atoms with Crippen molar-refractivity contribution < 1.29 is 9.36 Å². The second-order valence-corrected chi connectivity index (χ2v) is 5.71. The fraction of sp³-hybridized carbons (Fsp3) is 0.875. The lowest BCUT2D eigenvalue weighted by molar-refractivity contribution is -0.130. The molecule has 1 heterocycles. The summed E-state index contributed by atoms with van der Waals surface area (Å²) in [5.74, 6) is -0.254. The molecule has 0 aromatic rings. The van der Waals surface area contributed by atoms with Crippen LogP contribution in [0.25, 0.3) is 0 Å². The smallest absolute Gasteiger partial charge is 0.302 e.